The molecule has 1 aliphatic heterocycles. The van der Waals surface area contributed by atoms with Gasteiger partial charge in [0.15, 0.2) is 0 Å². The van der Waals surface area contributed by atoms with E-state index in [2.05, 4.69) is 26.8 Å². The van der Waals surface area contributed by atoms with Crippen LogP contribution in [0.25, 0.3) is 10.9 Å². The van der Waals surface area contributed by atoms with Crippen LogP contribution in [0, 0.1) is 0 Å². The molecule has 32 heavy (non-hydrogen) atoms. The maximum atomic E-state index is 13.1. The molecule has 4 rings (SSSR count). The number of aryl methyl sites for hydroxylation is 1. The van der Waals surface area contributed by atoms with Gasteiger partial charge in [-0.05, 0) is 37.5 Å². The first-order chi connectivity index (χ1) is 15.7. The fraction of sp³-hybridized carbons (Fsp3) is 0.458. The summed E-state index contributed by atoms with van der Waals surface area (Å²) in [5.41, 5.74) is 2.66. The van der Waals surface area contributed by atoms with Crippen molar-refractivity contribution >= 4 is 22.6 Å². The quantitative estimate of drug-likeness (QED) is 0.517. The highest BCUT2D eigenvalue weighted by atomic mass is 16.5. The van der Waals surface area contributed by atoms with Crippen molar-refractivity contribution in [3.63, 3.8) is 0 Å². The summed E-state index contributed by atoms with van der Waals surface area (Å²) in [5, 5.41) is 1.01. The Morgan fingerprint density at radius 1 is 1.12 bits per heavy atom. The Hall–Kier alpha value is -3.13. The number of hydrogen-bond donors (Lipinski definition) is 1. The molecule has 0 bridgehead atoms. The number of ether oxygens (including phenoxy) is 2. The predicted molar refractivity (Wildman–Crippen MR) is 124 cm³/mol. The number of carbonyl (C=O) groups is 1. The molecule has 0 spiro atoms. The van der Waals surface area contributed by atoms with E-state index in [0.29, 0.717) is 25.4 Å². The molecule has 0 radical (unpaired) electrons. The number of hydrogen-bond acceptors (Lipinski definition) is 6. The van der Waals surface area contributed by atoms with E-state index in [4.69, 9.17) is 9.47 Å². The van der Waals surface area contributed by atoms with Crippen LogP contribution in [0.5, 0.6) is 5.75 Å². The van der Waals surface area contributed by atoms with Crippen LogP contribution < -0.4 is 9.64 Å². The highest BCUT2D eigenvalue weighted by molar-refractivity contribution is 5.98. The summed E-state index contributed by atoms with van der Waals surface area (Å²) in [7, 11) is 1.71. The van der Waals surface area contributed by atoms with Gasteiger partial charge in [0, 0.05) is 68.6 Å². The number of piperazine rings is 1. The Balaban J connectivity index is 1.36. The smallest absolute Gasteiger partial charge is 0.270 e. The van der Waals surface area contributed by atoms with Crippen molar-refractivity contribution in [2.45, 2.75) is 26.2 Å². The first kappa shape index (κ1) is 22.1. The highest BCUT2D eigenvalue weighted by Gasteiger charge is 2.25. The number of carbonyl (C=O) groups excluding carboxylic acids is 1. The van der Waals surface area contributed by atoms with Crippen LogP contribution in [0.2, 0.25) is 0 Å². The van der Waals surface area contributed by atoms with Gasteiger partial charge in [-0.2, -0.15) is 0 Å². The molecule has 1 saturated heterocycles. The number of aromatic nitrogens is 3. The maximum absolute atomic E-state index is 13.1. The van der Waals surface area contributed by atoms with Crippen LogP contribution in [-0.2, 0) is 11.2 Å². The SMILES string of the molecule is CCc1cncnc1N1CCN(C(=O)c2cc3ccc(OCCCCOC)cc3[nH]2)CC1. The number of methoxy groups -OCH3 is 1. The monoisotopic (exact) mass is 437 g/mol. The molecule has 1 N–H and O–H groups in total. The molecule has 0 aliphatic carbocycles. The van der Waals surface area contributed by atoms with Gasteiger partial charge in [-0.15, -0.1) is 0 Å². The Morgan fingerprint density at radius 3 is 2.72 bits per heavy atom. The third-order valence-corrected chi connectivity index (χ3v) is 5.85. The van der Waals surface area contributed by atoms with Gasteiger partial charge in [0.2, 0.25) is 0 Å². The number of benzene rings is 1. The number of aromatic amines is 1. The third kappa shape index (κ3) is 5.02. The van der Waals surface area contributed by atoms with Gasteiger partial charge in [-0.1, -0.05) is 6.92 Å². The summed E-state index contributed by atoms with van der Waals surface area (Å²) in [5.74, 6) is 1.82. The van der Waals surface area contributed by atoms with E-state index >= 15 is 0 Å². The highest BCUT2D eigenvalue weighted by Crippen LogP contribution is 2.24. The van der Waals surface area contributed by atoms with Gasteiger partial charge in [0.25, 0.3) is 5.91 Å². The normalized spacial score (nSPS) is 14.2. The van der Waals surface area contributed by atoms with Crippen LogP contribution in [0.15, 0.2) is 36.8 Å². The van der Waals surface area contributed by atoms with E-state index in [9.17, 15) is 4.79 Å². The average molecular weight is 438 g/mol. The minimum Gasteiger partial charge on any atom is -0.494 e. The predicted octanol–water partition coefficient (Wildman–Crippen LogP) is 3.29. The van der Waals surface area contributed by atoms with Crippen molar-refractivity contribution in [3.8, 4) is 5.75 Å². The molecule has 0 atom stereocenters. The van der Waals surface area contributed by atoms with Gasteiger partial charge in [-0.25, -0.2) is 9.97 Å². The molecule has 8 nitrogen and oxygen atoms in total. The van der Waals surface area contributed by atoms with E-state index in [0.717, 1.165) is 67.0 Å². The molecule has 0 unspecified atom stereocenters. The Bertz CT molecular complexity index is 1040. The number of H-pyrrole nitrogens is 1. The van der Waals surface area contributed by atoms with Crippen LogP contribution in [0.3, 0.4) is 0 Å². The van der Waals surface area contributed by atoms with Crippen molar-refractivity contribution in [1.29, 1.82) is 0 Å². The number of fused-ring (bicyclic) bond motifs is 1. The maximum Gasteiger partial charge on any atom is 0.270 e. The molecule has 3 heterocycles. The zero-order valence-electron chi connectivity index (χ0n) is 18.8. The van der Waals surface area contributed by atoms with Gasteiger partial charge < -0.3 is 24.3 Å². The molecular formula is C24H31N5O3. The van der Waals surface area contributed by atoms with E-state index < -0.39 is 0 Å². The lowest BCUT2D eigenvalue weighted by molar-refractivity contribution is 0.0741. The molecule has 1 aromatic carbocycles. The van der Waals surface area contributed by atoms with E-state index in [1.165, 1.54) is 0 Å². The van der Waals surface area contributed by atoms with Crippen LogP contribution in [-0.4, -0.2) is 72.3 Å². The summed E-state index contributed by atoms with van der Waals surface area (Å²) < 4.78 is 10.9. The largest absolute Gasteiger partial charge is 0.494 e. The molecule has 1 amide bonds. The lowest BCUT2D eigenvalue weighted by Gasteiger charge is -2.35. The van der Waals surface area contributed by atoms with Gasteiger partial charge >= 0.3 is 0 Å². The fourth-order valence-electron chi connectivity index (χ4n) is 4.03. The van der Waals surface area contributed by atoms with Crippen molar-refractivity contribution in [2.24, 2.45) is 0 Å². The molecule has 2 aromatic heterocycles. The summed E-state index contributed by atoms with van der Waals surface area (Å²) in [6.45, 7) is 6.35. The molecule has 1 fully saturated rings. The van der Waals surface area contributed by atoms with Crippen molar-refractivity contribution < 1.29 is 14.3 Å². The average Bonchev–Trinajstić information content (AvgIpc) is 3.27. The summed E-state index contributed by atoms with van der Waals surface area (Å²) in [4.78, 5) is 29.1. The zero-order valence-corrected chi connectivity index (χ0v) is 18.8. The lowest BCUT2D eigenvalue weighted by Crippen LogP contribution is -2.49. The topological polar surface area (TPSA) is 83.6 Å². The number of anilines is 1. The minimum atomic E-state index is 0.0290. The van der Waals surface area contributed by atoms with Crippen molar-refractivity contribution in [1.82, 2.24) is 19.9 Å². The summed E-state index contributed by atoms with van der Waals surface area (Å²) in [6, 6.07) is 7.83. The van der Waals surface area contributed by atoms with Gasteiger partial charge in [0.05, 0.1) is 6.61 Å². The molecule has 0 saturated carbocycles. The molecule has 3 aromatic rings. The molecule has 1 aliphatic rings. The van der Waals surface area contributed by atoms with Gasteiger partial charge in [0.1, 0.15) is 23.6 Å². The molecule has 170 valence electrons. The number of unbranched alkanes of at least 4 members (excludes halogenated alkanes) is 1. The standard InChI is InChI=1S/C24H31N5O3/c1-3-18-16-25-17-26-23(18)28-8-10-29(11-9-28)24(30)22-14-19-6-7-20(15-21(19)27-22)32-13-5-4-12-31-2/h6-7,14-17,27H,3-5,8-13H2,1-2H3. The number of amides is 1. The molecule has 8 heteroatoms. The second kappa shape index (κ2) is 10.5. The van der Waals surface area contributed by atoms with Crippen LogP contribution in [0.4, 0.5) is 5.82 Å². The number of rotatable bonds is 9. The van der Waals surface area contributed by atoms with Crippen LogP contribution >= 0.6 is 0 Å². The van der Waals surface area contributed by atoms with Crippen molar-refractivity contribution in [3.05, 3.63) is 48.0 Å². The molecular weight excluding hydrogens is 406 g/mol. The fourth-order valence-corrected chi connectivity index (χ4v) is 4.03. The number of nitrogens with one attached hydrogen (secondary N) is 1. The second-order valence-corrected chi connectivity index (χ2v) is 7.98. The van der Waals surface area contributed by atoms with Crippen LogP contribution in [0.1, 0.15) is 35.8 Å². The first-order valence-corrected chi connectivity index (χ1v) is 11.3. The second-order valence-electron chi connectivity index (χ2n) is 7.98. The third-order valence-electron chi connectivity index (χ3n) is 5.85. The van der Waals surface area contributed by atoms with E-state index in [-0.39, 0.29) is 5.91 Å². The Kier molecular flexibility index (Phi) is 7.21. The number of nitrogens with zero attached hydrogens (tertiary/aromatic N) is 4. The summed E-state index contributed by atoms with van der Waals surface area (Å²) in [6.07, 6.45) is 6.28. The van der Waals surface area contributed by atoms with Gasteiger partial charge in [-0.3, -0.25) is 4.79 Å². The first-order valence-electron chi connectivity index (χ1n) is 11.3. The minimum absolute atomic E-state index is 0.0290. The zero-order chi connectivity index (χ0) is 22.3. The Morgan fingerprint density at radius 2 is 1.94 bits per heavy atom. The van der Waals surface area contributed by atoms with E-state index in [1.54, 1.807) is 13.4 Å². The van der Waals surface area contributed by atoms with Crippen molar-refractivity contribution in [2.75, 3.05) is 51.4 Å². The Labute approximate surface area is 188 Å². The lowest BCUT2D eigenvalue weighted by atomic mass is 10.2. The summed E-state index contributed by atoms with van der Waals surface area (Å²) >= 11 is 0. The van der Waals surface area contributed by atoms with E-state index in [1.807, 2.05) is 35.4 Å².